The van der Waals surface area contributed by atoms with Crippen molar-refractivity contribution in [3.05, 3.63) is 22.7 Å². The largest absolute Gasteiger partial charge is 0.481 e. The van der Waals surface area contributed by atoms with Crippen molar-refractivity contribution in [2.24, 2.45) is 5.41 Å². The zero-order chi connectivity index (χ0) is 17.5. The quantitative estimate of drug-likeness (QED) is 0.829. The second-order valence-corrected chi connectivity index (χ2v) is 8.07. The molecule has 8 heteroatoms. The van der Waals surface area contributed by atoms with E-state index in [0.29, 0.717) is 10.3 Å². The Labute approximate surface area is 143 Å². The van der Waals surface area contributed by atoms with Gasteiger partial charge in [0.15, 0.2) is 5.82 Å². The number of ether oxygens (including phenoxy) is 1. The van der Waals surface area contributed by atoms with E-state index in [1.807, 2.05) is 0 Å². The van der Waals surface area contributed by atoms with Crippen molar-refractivity contribution in [2.75, 3.05) is 0 Å². The molecule has 2 rings (SSSR count). The maximum Gasteiger partial charge on any atom is 0.408 e. The molecule has 0 aliphatic heterocycles. The fraction of sp³-hybridized carbons (Fsp3) is 0.600. The molecule has 1 amide bonds. The standard InChI is InChI=1S/C15H20BrN3O4/c1-13(2,3)23-12(22)19-15(7-14(4,8-15)11(20)21)10-17-5-9(16)6-18-10/h5-6H,7-8H2,1-4H3,(H,19,22)(H,20,21)/t14-,15+. The summed E-state index contributed by atoms with van der Waals surface area (Å²) in [4.78, 5) is 32.0. The van der Waals surface area contributed by atoms with Crippen LogP contribution in [-0.4, -0.2) is 32.7 Å². The van der Waals surface area contributed by atoms with Crippen LogP contribution >= 0.6 is 15.9 Å². The van der Waals surface area contributed by atoms with Gasteiger partial charge >= 0.3 is 12.1 Å². The van der Waals surface area contributed by atoms with Crippen LogP contribution < -0.4 is 5.32 Å². The van der Waals surface area contributed by atoms with Gasteiger partial charge < -0.3 is 15.2 Å². The maximum absolute atomic E-state index is 12.1. The highest BCUT2D eigenvalue weighted by atomic mass is 79.9. The monoisotopic (exact) mass is 385 g/mol. The zero-order valence-corrected chi connectivity index (χ0v) is 15.1. The first kappa shape index (κ1) is 17.7. The van der Waals surface area contributed by atoms with Crippen LogP contribution in [0.2, 0.25) is 0 Å². The minimum absolute atomic E-state index is 0.205. The Morgan fingerprint density at radius 2 is 1.83 bits per heavy atom. The molecule has 1 saturated carbocycles. The Morgan fingerprint density at radius 1 is 1.30 bits per heavy atom. The minimum Gasteiger partial charge on any atom is -0.481 e. The normalized spacial score (nSPS) is 27.0. The maximum atomic E-state index is 12.1. The molecule has 0 spiro atoms. The number of carbonyl (C=O) groups excluding carboxylic acids is 1. The number of aliphatic carboxylic acids is 1. The van der Waals surface area contributed by atoms with E-state index in [2.05, 4.69) is 31.2 Å². The summed E-state index contributed by atoms with van der Waals surface area (Å²) < 4.78 is 5.98. The summed E-state index contributed by atoms with van der Waals surface area (Å²) in [7, 11) is 0. The van der Waals surface area contributed by atoms with Crippen LogP contribution in [0.3, 0.4) is 0 Å². The number of rotatable bonds is 3. The first-order valence-corrected chi connectivity index (χ1v) is 7.98. The average Bonchev–Trinajstić information content (AvgIpc) is 2.34. The van der Waals surface area contributed by atoms with Gasteiger partial charge in [0.2, 0.25) is 0 Å². The summed E-state index contributed by atoms with van der Waals surface area (Å²) >= 11 is 3.26. The van der Waals surface area contributed by atoms with E-state index < -0.39 is 28.6 Å². The molecule has 0 atom stereocenters. The van der Waals surface area contributed by atoms with Gasteiger partial charge in [-0.3, -0.25) is 4.79 Å². The van der Waals surface area contributed by atoms with Crippen LogP contribution in [0.25, 0.3) is 0 Å². The van der Waals surface area contributed by atoms with Gasteiger partial charge in [-0.25, -0.2) is 14.8 Å². The van der Waals surface area contributed by atoms with E-state index in [1.165, 1.54) is 0 Å². The van der Waals surface area contributed by atoms with Gasteiger partial charge in [0.25, 0.3) is 0 Å². The molecule has 0 unspecified atom stereocenters. The molecule has 1 aliphatic rings. The van der Waals surface area contributed by atoms with Crippen molar-refractivity contribution in [1.29, 1.82) is 0 Å². The molecule has 1 heterocycles. The molecule has 2 N–H and O–H groups in total. The molecular weight excluding hydrogens is 366 g/mol. The van der Waals surface area contributed by atoms with E-state index in [4.69, 9.17) is 4.74 Å². The minimum atomic E-state index is -0.934. The molecule has 126 valence electrons. The molecule has 1 aromatic heterocycles. The van der Waals surface area contributed by atoms with Crippen LogP contribution in [0.15, 0.2) is 16.9 Å². The third-order valence-electron chi connectivity index (χ3n) is 3.69. The lowest BCUT2D eigenvalue weighted by Crippen LogP contribution is -2.62. The molecule has 0 aromatic carbocycles. The number of aromatic nitrogens is 2. The zero-order valence-electron chi connectivity index (χ0n) is 13.5. The first-order valence-electron chi connectivity index (χ1n) is 7.18. The van der Waals surface area contributed by atoms with Gasteiger partial charge in [-0.05, 0) is 56.5 Å². The van der Waals surface area contributed by atoms with E-state index >= 15 is 0 Å². The van der Waals surface area contributed by atoms with E-state index in [0.717, 1.165) is 0 Å². The Balaban J connectivity index is 2.26. The highest BCUT2D eigenvalue weighted by Crippen LogP contribution is 2.53. The SMILES string of the molecule is CC(C)(C)OC(=O)N[C@]1(c2ncc(Br)cn2)C[C@](C)(C(=O)O)C1. The van der Waals surface area contributed by atoms with E-state index in [-0.39, 0.29) is 12.8 Å². The molecule has 23 heavy (non-hydrogen) atoms. The Morgan fingerprint density at radius 3 is 2.26 bits per heavy atom. The molecule has 0 bridgehead atoms. The van der Waals surface area contributed by atoms with Gasteiger partial charge in [-0.2, -0.15) is 0 Å². The van der Waals surface area contributed by atoms with Crippen molar-refractivity contribution in [1.82, 2.24) is 15.3 Å². The van der Waals surface area contributed by atoms with Crippen LogP contribution in [-0.2, 0) is 15.1 Å². The van der Waals surface area contributed by atoms with Crippen molar-refractivity contribution in [3.8, 4) is 0 Å². The van der Waals surface area contributed by atoms with Crippen molar-refractivity contribution < 1.29 is 19.4 Å². The number of carboxylic acid groups (broad SMARTS) is 1. The molecule has 1 fully saturated rings. The Kier molecular flexibility index (Phi) is 4.40. The van der Waals surface area contributed by atoms with Crippen LogP contribution in [0.5, 0.6) is 0 Å². The predicted molar refractivity (Wildman–Crippen MR) is 85.8 cm³/mol. The number of hydrogen-bond acceptors (Lipinski definition) is 5. The third-order valence-corrected chi connectivity index (χ3v) is 4.10. The molecule has 0 radical (unpaired) electrons. The highest BCUT2D eigenvalue weighted by Gasteiger charge is 2.60. The number of carbonyl (C=O) groups is 2. The Hall–Kier alpha value is -1.70. The lowest BCUT2D eigenvalue weighted by atomic mass is 9.57. The number of amides is 1. The first-order chi connectivity index (χ1) is 10.5. The molecule has 0 saturated heterocycles. The summed E-state index contributed by atoms with van der Waals surface area (Å²) in [6.45, 7) is 6.93. The molecular formula is C15H20BrN3O4. The summed E-state index contributed by atoms with van der Waals surface area (Å²) in [6, 6.07) is 0. The summed E-state index contributed by atoms with van der Waals surface area (Å²) in [6.07, 6.45) is 2.93. The number of alkyl carbamates (subject to hydrolysis) is 1. The van der Waals surface area contributed by atoms with Gasteiger partial charge in [-0.1, -0.05) is 0 Å². The van der Waals surface area contributed by atoms with Crippen molar-refractivity contribution >= 4 is 28.0 Å². The number of carboxylic acids is 1. The number of nitrogens with one attached hydrogen (secondary N) is 1. The smallest absolute Gasteiger partial charge is 0.408 e. The second kappa shape index (κ2) is 5.74. The lowest BCUT2D eigenvalue weighted by molar-refractivity contribution is -0.160. The second-order valence-electron chi connectivity index (χ2n) is 7.15. The van der Waals surface area contributed by atoms with Gasteiger partial charge in [0, 0.05) is 12.4 Å². The lowest BCUT2D eigenvalue weighted by Gasteiger charge is -2.51. The van der Waals surface area contributed by atoms with Gasteiger partial charge in [-0.15, -0.1) is 0 Å². The van der Waals surface area contributed by atoms with Gasteiger partial charge in [0.1, 0.15) is 11.1 Å². The predicted octanol–water partition coefficient (Wildman–Crippen LogP) is 2.84. The van der Waals surface area contributed by atoms with Crippen LogP contribution in [0, 0.1) is 5.41 Å². The van der Waals surface area contributed by atoms with Gasteiger partial charge in [0.05, 0.1) is 9.89 Å². The van der Waals surface area contributed by atoms with E-state index in [1.54, 1.807) is 40.1 Å². The number of hydrogen-bond donors (Lipinski definition) is 2. The number of nitrogens with zero attached hydrogens (tertiary/aromatic N) is 2. The highest BCUT2D eigenvalue weighted by molar-refractivity contribution is 9.10. The fourth-order valence-electron chi connectivity index (χ4n) is 2.79. The van der Waals surface area contributed by atoms with Crippen LogP contribution in [0.1, 0.15) is 46.4 Å². The summed E-state index contributed by atoms with van der Waals surface area (Å²) in [5, 5.41) is 12.1. The van der Waals surface area contributed by atoms with Crippen molar-refractivity contribution in [2.45, 2.75) is 51.7 Å². The third kappa shape index (κ3) is 3.80. The summed E-state index contributed by atoms with van der Waals surface area (Å²) in [5.41, 5.74) is -2.51. The Bertz CT molecular complexity index is 619. The summed E-state index contributed by atoms with van der Waals surface area (Å²) in [5.74, 6) is -0.526. The van der Waals surface area contributed by atoms with Crippen molar-refractivity contribution in [3.63, 3.8) is 0 Å². The molecule has 1 aliphatic carbocycles. The van der Waals surface area contributed by atoms with Crippen LogP contribution in [0.4, 0.5) is 4.79 Å². The van der Waals surface area contributed by atoms with E-state index in [9.17, 15) is 14.7 Å². The fourth-order valence-corrected chi connectivity index (χ4v) is 3.00. The molecule has 7 nitrogen and oxygen atoms in total. The number of halogens is 1. The molecule has 1 aromatic rings. The average molecular weight is 386 g/mol. The topological polar surface area (TPSA) is 101 Å².